The monoisotopic (exact) mass is 578 g/mol. The highest BCUT2D eigenvalue weighted by Gasteiger charge is 2.13. The minimum Gasteiger partial charge on any atom is -0.490 e. The summed E-state index contributed by atoms with van der Waals surface area (Å²) in [5.74, 6) is -1.05. The van der Waals surface area contributed by atoms with Gasteiger partial charge in [0.25, 0.3) is 5.91 Å². The van der Waals surface area contributed by atoms with Crippen LogP contribution in [0.2, 0.25) is 0 Å². The molecule has 196 valence electrons. The number of hydrogen-bond acceptors (Lipinski definition) is 6. The van der Waals surface area contributed by atoms with Gasteiger partial charge >= 0.3 is 11.8 Å². The second kappa shape index (κ2) is 13.8. The van der Waals surface area contributed by atoms with Gasteiger partial charge in [-0.3, -0.25) is 14.4 Å². The zero-order valence-corrected chi connectivity index (χ0v) is 22.5. The summed E-state index contributed by atoms with van der Waals surface area (Å²) in [6.45, 7) is 7.58. The van der Waals surface area contributed by atoms with Crippen LogP contribution in [0.15, 0.2) is 82.9 Å². The molecule has 0 unspecified atom stereocenters. The Morgan fingerprint density at radius 2 is 1.63 bits per heavy atom. The number of ether oxygens (including phenoxy) is 2. The van der Waals surface area contributed by atoms with Crippen LogP contribution < -0.4 is 25.5 Å². The summed E-state index contributed by atoms with van der Waals surface area (Å²) in [5, 5.41) is 9.16. The fraction of sp³-hybridized carbons (Fsp3) is 0.143. The Morgan fingerprint density at radius 1 is 0.921 bits per heavy atom. The summed E-state index contributed by atoms with van der Waals surface area (Å²) in [6, 6.07) is 17.2. The van der Waals surface area contributed by atoms with Gasteiger partial charge in [0.15, 0.2) is 6.61 Å². The third kappa shape index (κ3) is 8.59. The first-order chi connectivity index (χ1) is 18.2. The van der Waals surface area contributed by atoms with Gasteiger partial charge in [-0.25, -0.2) is 5.43 Å². The Morgan fingerprint density at radius 3 is 2.32 bits per heavy atom. The third-order valence-electron chi connectivity index (χ3n) is 5.06. The number of aryl methyl sites for hydroxylation is 2. The van der Waals surface area contributed by atoms with Crippen LogP contribution in [0.1, 0.15) is 16.7 Å². The number of anilines is 2. The number of hydrogen-bond donors (Lipinski definition) is 3. The van der Waals surface area contributed by atoms with Crippen LogP contribution in [0, 0.1) is 13.8 Å². The lowest BCUT2D eigenvalue weighted by molar-refractivity contribution is -0.136. The van der Waals surface area contributed by atoms with E-state index in [1.165, 1.54) is 6.21 Å². The van der Waals surface area contributed by atoms with Gasteiger partial charge in [0.2, 0.25) is 0 Å². The maximum absolute atomic E-state index is 12.4. The van der Waals surface area contributed by atoms with Gasteiger partial charge in [0.1, 0.15) is 18.1 Å². The SMILES string of the molecule is C=CCOc1ccc(NC(=O)C(=O)N/N=C\c2cccc(OCC(=O)Nc3c(C)cc(Br)cc3C)c2)cc1. The third-order valence-corrected chi connectivity index (χ3v) is 5.51. The zero-order valence-electron chi connectivity index (χ0n) is 20.9. The summed E-state index contributed by atoms with van der Waals surface area (Å²) in [7, 11) is 0. The molecule has 0 aliphatic rings. The molecule has 3 N–H and O–H groups in total. The number of carbonyl (C=O) groups is 3. The molecule has 0 aliphatic carbocycles. The minimum atomic E-state index is -0.934. The van der Waals surface area contributed by atoms with Crippen LogP contribution in [-0.4, -0.2) is 37.1 Å². The number of nitrogens with one attached hydrogen (secondary N) is 3. The Labute approximate surface area is 229 Å². The van der Waals surface area contributed by atoms with Crippen molar-refractivity contribution in [3.8, 4) is 11.5 Å². The van der Waals surface area contributed by atoms with Crippen molar-refractivity contribution in [2.45, 2.75) is 13.8 Å². The number of hydrazone groups is 1. The predicted octanol–water partition coefficient (Wildman–Crippen LogP) is 4.74. The summed E-state index contributed by atoms with van der Waals surface area (Å²) >= 11 is 3.44. The highest BCUT2D eigenvalue weighted by molar-refractivity contribution is 9.10. The molecule has 0 heterocycles. The fourth-order valence-electron chi connectivity index (χ4n) is 3.31. The first-order valence-electron chi connectivity index (χ1n) is 11.5. The maximum atomic E-state index is 12.4. The smallest absolute Gasteiger partial charge is 0.329 e. The molecule has 0 aliphatic heterocycles. The quantitative estimate of drug-likeness (QED) is 0.139. The molecular weight excluding hydrogens is 552 g/mol. The van der Waals surface area contributed by atoms with E-state index in [1.54, 1.807) is 54.6 Å². The van der Waals surface area contributed by atoms with Crippen LogP contribution >= 0.6 is 15.9 Å². The molecule has 0 saturated carbocycles. The van der Waals surface area contributed by atoms with Crippen molar-refractivity contribution in [3.05, 3.63) is 94.5 Å². The lowest BCUT2D eigenvalue weighted by atomic mass is 10.1. The molecule has 3 rings (SSSR count). The molecule has 0 bridgehead atoms. The molecule has 10 heteroatoms. The zero-order chi connectivity index (χ0) is 27.5. The van der Waals surface area contributed by atoms with Crippen molar-refractivity contribution in [1.29, 1.82) is 0 Å². The topological polar surface area (TPSA) is 118 Å². The molecule has 0 saturated heterocycles. The van der Waals surface area contributed by atoms with Gasteiger partial charge in [-0.05, 0) is 79.1 Å². The van der Waals surface area contributed by atoms with Gasteiger partial charge < -0.3 is 20.1 Å². The van der Waals surface area contributed by atoms with Crippen LogP contribution in [0.4, 0.5) is 11.4 Å². The average molecular weight is 579 g/mol. The average Bonchev–Trinajstić information content (AvgIpc) is 2.89. The number of benzene rings is 3. The lowest BCUT2D eigenvalue weighted by Crippen LogP contribution is -2.32. The molecule has 0 radical (unpaired) electrons. The second-order valence-electron chi connectivity index (χ2n) is 8.10. The van der Waals surface area contributed by atoms with Crippen LogP contribution in [0.3, 0.4) is 0 Å². The molecule has 3 aromatic rings. The molecule has 0 spiro atoms. The van der Waals surface area contributed by atoms with Crippen molar-refractivity contribution in [1.82, 2.24) is 5.43 Å². The number of amides is 3. The van der Waals surface area contributed by atoms with Crippen LogP contribution in [-0.2, 0) is 14.4 Å². The standard InChI is InChI=1S/C28H27BrN4O5/c1-4-12-37-23-10-8-22(9-11-23)31-27(35)28(36)33-30-16-20-6-5-7-24(15-20)38-17-25(34)32-26-18(2)13-21(29)14-19(26)3/h4-11,13-16H,1,12,17H2,2-3H3,(H,31,35)(H,32,34)(H,33,36)/b30-16-. The summed E-state index contributed by atoms with van der Waals surface area (Å²) in [6.07, 6.45) is 2.98. The van der Waals surface area contributed by atoms with Crippen molar-refractivity contribution < 1.29 is 23.9 Å². The summed E-state index contributed by atoms with van der Waals surface area (Å²) < 4.78 is 11.9. The Kier molecular flexibility index (Phi) is 10.2. The molecule has 0 atom stereocenters. The maximum Gasteiger partial charge on any atom is 0.329 e. The van der Waals surface area contributed by atoms with Gasteiger partial charge in [0, 0.05) is 15.8 Å². The molecule has 9 nitrogen and oxygen atoms in total. The van der Waals surface area contributed by atoms with E-state index >= 15 is 0 Å². The number of rotatable bonds is 10. The van der Waals surface area contributed by atoms with Gasteiger partial charge in [0.05, 0.1) is 6.21 Å². The van der Waals surface area contributed by atoms with Gasteiger partial charge in [-0.15, -0.1) is 0 Å². The van der Waals surface area contributed by atoms with E-state index in [-0.39, 0.29) is 12.5 Å². The molecular formula is C28H27BrN4O5. The highest BCUT2D eigenvalue weighted by atomic mass is 79.9. The van der Waals surface area contributed by atoms with Crippen molar-refractivity contribution in [2.24, 2.45) is 5.10 Å². The molecule has 0 aromatic heterocycles. The minimum absolute atomic E-state index is 0.187. The summed E-state index contributed by atoms with van der Waals surface area (Å²) in [5.41, 5.74) is 5.82. The number of halogens is 1. The van der Waals surface area contributed by atoms with E-state index in [0.29, 0.717) is 29.4 Å². The number of nitrogens with zero attached hydrogens (tertiary/aromatic N) is 1. The lowest BCUT2D eigenvalue weighted by Gasteiger charge is -2.13. The van der Waals surface area contributed by atoms with E-state index in [4.69, 9.17) is 9.47 Å². The van der Waals surface area contributed by atoms with E-state index in [0.717, 1.165) is 21.3 Å². The van der Waals surface area contributed by atoms with E-state index in [2.05, 4.69) is 43.7 Å². The molecule has 3 aromatic carbocycles. The van der Waals surface area contributed by atoms with E-state index in [9.17, 15) is 14.4 Å². The fourth-order valence-corrected chi connectivity index (χ4v) is 4.00. The largest absolute Gasteiger partial charge is 0.490 e. The van der Waals surface area contributed by atoms with Crippen molar-refractivity contribution in [2.75, 3.05) is 23.8 Å². The Bertz CT molecular complexity index is 1330. The number of carbonyl (C=O) groups excluding carboxylic acids is 3. The van der Waals surface area contributed by atoms with Crippen LogP contribution in [0.25, 0.3) is 0 Å². The Hall–Kier alpha value is -4.44. The van der Waals surface area contributed by atoms with Crippen LogP contribution in [0.5, 0.6) is 11.5 Å². The van der Waals surface area contributed by atoms with Gasteiger partial charge in [-0.1, -0.05) is 40.7 Å². The highest BCUT2D eigenvalue weighted by Crippen LogP contribution is 2.25. The van der Waals surface area contributed by atoms with Crippen molar-refractivity contribution >= 4 is 51.2 Å². The van der Waals surface area contributed by atoms with Crippen molar-refractivity contribution in [3.63, 3.8) is 0 Å². The Balaban J connectivity index is 1.48. The van der Waals surface area contributed by atoms with E-state index in [1.807, 2.05) is 26.0 Å². The molecule has 3 amide bonds. The molecule has 38 heavy (non-hydrogen) atoms. The normalized spacial score (nSPS) is 10.5. The van der Waals surface area contributed by atoms with E-state index < -0.39 is 11.8 Å². The second-order valence-corrected chi connectivity index (χ2v) is 9.02. The van der Waals surface area contributed by atoms with Gasteiger partial charge in [-0.2, -0.15) is 5.10 Å². The molecule has 0 fully saturated rings. The first kappa shape index (κ1) is 28.1. The summed E-state index contributed by atoms with van der Waals surface area (Å²) in [4.78, 5) is 36.6. The first-order valence-corrected chi connectivity index (χ1v) is 12.3. The predicted molar refractivity (Wildman–Crippen MR) is 151 cm³/mol.